The van der Waals surface area contributed by atoms with Gasteiger partial charge < -0.3 is 0 Å². The summed E-state index contributed by atoms with van der Waals surface area (Å²) in [6.45, 7) is 0. The van der Waals surface area contributed by atoms with Gasteiger partial charge in [-0.25, -0.2) is 0 Å². The summed E-state index contributed by atoms with van der Waals surface area (Å²) in [4.78, 5) is 1.32. The highest BCUT2D eigenvalue weighted by atomic mass is 15.6. The van der Waals surface area contributed by atoms with Crippen LogP contribution >= 0.6 is 0 Å². The number of nitrogens with one attached hydrogen (secondary N) is 1. The van der Waals surface area contributed by atoms with Crippen molar-refractivity contribution in [3.63, 3.8) is 0 Å². The predicted molar refractivity (Wildman–Crippen MR) is 48.2 cm³/mol. The summed E-state index contributed by atoms with van der Waals surface area (Å²) in [7, 11) is 1.66. The van der Waals surface area contributed by atoms with E-state index in [0.717, 1.165) is 0 Å². The van der Waals surface area contributed by atoms with Crippen molar-refractivity contribution < 1.29 is 0 Å². The third-order valence-electron chi connectivity index (χ3n) is 1.30. The molecule has 2 aromatic heterocycles. The Morgan fingerprint density at radius 3 is 2.60 bits per heavy atom. The van der Waals surface area contributed by atoms with Crippen LogP contribution in [0.25, 0.3) is 0 Å². The lowest BCUT2D eigenvalue weighted by Gasteiger charge is -1.77. The monoisotopic (exact) mass is 206 g/mol. The van der Waals surface area contributed by atoms with Gasteiger partial charge in [0.15, 0.2) is 0 Å². The van der Waals surface area contributed by atoms with Crippen molar-refractivity contribution in [1.82, 2.24) is 40.8 Å². The van der Waals surface area contributed by atoms with Crippen molar-refractivity contribution in [3.8, 4) is 0 Å². The van der Waals surface area contributed by atoms with Crippen molar-refractivity contribution in [2.45, 2.75) is 0 Å². The van der Waals surface area contributed by atoms with Gasteiger partial charge in [-0.2, -0.15) is 20.2 Å². The number of hydrogen-bond donors (Lipinski definition) is 1. The molecule has 10 nitrogen and oxygen atoms in total. The van der Waals surface area contributed by atoms with Crippen LogP contribution in [0.1, 0.15) is 11.6 Å². The minimum absolute atomic E-state index is 0.347. The van der Waals surface area contributed by atoms with Crippen LogP contribution in [0.3, 0.4) is 0 Å². The molecule has 0 bridgehead atoms. The minimum atomic E-state index is 0.347. The zero-order valence-electron chi connectivity index (χ0n) is 7.68. The molecule has 0 aliphatic rings. The van der Waals surface area contributed by atoms with Crippen molar-refractivity contribution in [3.05, 3.63) is 11.6 Å². The van der Waals surface area contributed by atoms with Gasteiger partial charge in [-0.05, 0) is 10.4 Å². The van der Waals surface area contributed by atoms with E-state index in [-0.39, 0.29) is 0 Å². The number of H-pyrrole nitrogens is 1. The second kappa shape index (κ2) is 4.13. The summed E-state index contributed by atoms with van der Waals surface area (Å²) >= 11 is 0. The predicted octanol–water partition coefficient (Wildman–Crippen LogP) is -1.82. The molecule has 0 aliphatic heterocycles. The maximum atomic E-state index is 3.87. The van der Waals surface area contributed by atoms with Gasteiger partial charge in [0.05, 0.1) is 19.5 Å². The lowest BCUT2D eigenvalue weighted by atomic mass is 10.7. The second-order valence-electron chi connectivity index (χ2n) is 2.40. The third-order valence-corrected chi connectivity index (χ3v) is 1.30. The molecule has 2 aromatic rings. The van der Waals surface area contributed by atoms with Gasteiger partial charge >= 0.3 is 0 Å². The summed E-state index contributed by atoms with van der Waals surface area (Å²) in [5.41, 5.74) is 0. The van der Waals surface area contributed by atoms with E-state index in [1.165, 1.54) is 17.2 Å². The first kappa shape index (κ1) is 9.05. The highest BCUT2D eigenvalue weighted by molar-refractivity contribution is 5.77. The molecule has 0 spiro atoms. The van der Waals surface area contributed by atoms with Gasteiger partial charge in [0.2, 0.25) is 11.6 Å². The van der Waals surface area contributed by atoms with E-state index in [1.807, 2.05) is 0 Å². The number of aromatic amines is 1. The molecule has 0 saturated heterocycles. The largest absolute Gasteiger partial charge is 0.217 e. The molecular formula is C5H6N10. The highest BCUT2D eigenvalue weighted by Crippen LogP contribution is 1.81. The fourth-order valence-electron chi connectivity index (χ4n) is 0.745. The topological polar surface area (TPSA) is 123 Å². The summed E-state index contributed by atoms with van der Waals surface area (Å²) < 4.78 is 0. The zero-order valence-corrected chi connectivity index (χ0v) is 7.68. The van der Waals surface area contributed by atoms with E-state index in [9.17, 15) is 0 Å². The SMILES string of the molecule is Cn1nnc(/C=N/N=C/c2nn[nH]n2)n1. The van der Waals surface area contributed by atoms with Crippen LogP contribution in [0.4, 0.5) is 0 Å². The van der Waals surface area contributed by atoms with Gasteiger partial charge in [0.1, 0.15) is 0 Å². The molecule has 0 fully saturated rings. The molecular weight excluding hydrogens is 200 g/mol. The lowest BCUT2D eigenvalue weighted by Crippen LogP contribution is -1.92. The standard InChI is InChI=1S/C5H6N10/c1-15-11-5(10-14-15)3-7-6-2-4-8-12-13-9-4/h2-3H,1H3,(H,8,9,12,13)/b6-2+,7-3+. The van der Waals surface area contributed by atoms with Crippen molar-refractivity contribution in [2.24, 2.45) is 17.3 Å². The highest BCUT2D eigenvalue weighted by Gasteiger charge is 1.93. The molecule has 0 saturated carbocycles. The number of aryl methyl sites for hydroxylation is 1. The summed E-state index contributed by atoms with van der Waals surface area (Å²) in [5, 5.41) is 31.4. The quantitative estimate of drug-likeness (QED) is 0.465. The first-order valence-corrected chi connectivity index (χ1v) is 3.88. The van der Waals surface area contributed by atoms with Crippen LogP contribution in [-0.4, -0.2) is 53.3 Å². The van der Waals surface area contributed by atoms with Crippen molar-refractivity contribution in [2.75, 3.05) is 0 Å². The molecule has 10 heteroatoms. The number of nitrogens with zero attached hydrogens (tertiary/aromatic N) is 9. The molecule has 0 radical (unpaired) electrons. The maximum absolute atomic E-state index is 3.87. The minimum Gasteiger partial charge on any atom is -0.177 e. The number of aromatic nitrogens is 8. The van der Waals surface area contributed by atoms with Crippen molar-refractivity contribution in [1.29, 1.82) is 0 Å². The average molecular weight is 206 g/mol. The van der Waals surface area contributed by atoms with Gasteiger partial charge in [0.25, 0.3) is 0 Å². The van der Waals surface area contributed by atoms with E-state index in [2.05, 4.69) is 46.2 Å². The first-order chi connectivity index (χ1) is 7.34. The summed E-state index contributed by atoms with van der Waals surface area (Å²) in [6.07, 6.45) is 2.71. The Kier molecular flexibility index (Phi) is 2.49. The number of tetrazole rings is 2. The first-order valence-electron chi connectivity index (χ1n) is 3.88. The molecule has 0 aliphatic carbocycles. The Morgan fingerprint density at radius 1 is 1.20 bits per heavy atom. The Labute approximate surface area is 83.1 Å². The average Bonchev–Trinajstić information content (AvgIpc) is 2.84. The van der Waals surface area contributed by atoms with Crippen LogP contribution in [0, 0.1) is 0 Å². The lowest BCUT2D eigenvalue weighted by molar-refractivity contribution is 0.629. The molecule has 15 heavy (non-hydrogen) atoms. The normalized spacial score (nSPS) is 11.8. The molecule has 1 N–H and O–H groups in total. The van der Waals surface area contributed by atoms with E-state index in [0.29, 0.717) is 11.6 Å². The van der Waals surface area contributed by atoms with Crippen LogP contribution in [-0.2, 0) is 7.05 Å². The molecule has 2 heterocycles. The smallest absolute Gasteiger partial charge is 0.177 e. The molecule has 76 valence electrons. The van der Waals surface area contributed by atoms with Crippen LogP contribution in [0.5, 0.6) is 0 Å². The van der Waals surface area contributed by atoms with E-state index < -0.39 is 0 Å². The van der Waals surface area contributed by atoms with E-state index >= 15 is 0 Å². The fourth-order valence-corrected chi connectivity index (χ4v) is 0.745. The Balaban J connectivity index is 1.96. The van der Waals surface area contributed by atoms with Gasteiger partial charge in [-0.15, -0.1) is 20.4 Å². The Bertz CT molecular complexity index is 464. The van der Waals surface area contributed by atoms with Crippen LogP contribution < -0.4 is 0 Å². The number of hydrogen-bond acceptors (Lipinski definition) is 8. The Morgan fingerprint density at radius 2 is 2.00 bits per heavy atom. The molecule has 0 amide bonds. The maximum Gasteiger partial charge on any atom is 0.217 e. The summed E-state index contributed by atoms with van der Waals surface area (Å²) in [6, 6.07) is 0. The summed E-state index contributed by atoms with van der Waals surface area (Å²) in [5.74, 6) is 0.724. The molecule has 0 atom stereocenters. The van der Waals surface area contributed by atoms with Crippen LogP contribution in [0.2, 0.25) is 0 Å². The van der Waals surface area contributed by atoms with Crippen molar-refractivity contribution >= 4 is 12.4 Å². The van der Waals surface area contributed by atoms with Gasteiger partial charge in [0, 0.05) is 0 Å². The van der Waals surface area contributed by atoms with E-state index in [1.54, 1.807) is 7.05 Å². The molecule has 0 aromatic carbocycles. The second-order valence-corrected chi connectivity index (χ2v) is 2.40. The van der Waals surface area contributed by atoms with Gasteiger partial charge in [-0.3, -0.25) is 0 Å². The Hall–Kier alpha value is -2.52. The zero-order chi connectivity index (χ0) is 10.5. The fraction of sp³-hybridized carbons (Fsp3) is 0.200. The molecule has 0 unspecified atom stereocenters. The third kappa shape index (κ3) is 2.46. The number of rotatable bonds is 3. The van der Waals surface area contributed by atoms with E-state index in [4.69, 9.17) is 0 Å². The van der Waals surface area contributed by atoms with Crippen LogP contribution in [0.15, 0.2) is 10.2 Å². The molecule has 2 rings (SSSR count). The van der Waals surface area contributed by atoms with Gasteiger partial charge in [-0.1, -0.05) is 0 Å².